The fraction of sp³-hybridized carbons (Fsp3) is 0.444. The third kappa shape index (κ3) is 2.02. The number of nitrogens with zero attached hydrogens (tertiary/aromatic N) is 1. The Morgan fingerprint density at radius 3 is 2.82 bits per heavy atom. The Morgan fingerprint density at radius 1 is 1.55 bits per heavy atom. The molecule has 0 spiro atoms. The van der Waals surface area contributed by atoms with Gasteiger partial charge in [0.05, 0.1) is 5.69 Å². The van der Waals surface area contributed by atoms with E-state index in [-0.39, 0.29) is 0 Å². The first-order chi connectivity index (χ1) is 5.38. The maximum absolute atomic E-state index is 4.26. The summed E-state index contributed by atoms with van der Waals surface area (Å²) >= 11 is 0. The summed E-state index contributed by atoms with van der Waals surface area (Å²) < 4.78 is 0. The summed E-state index contributed by atoms with van der Waals surface area (Å²) in [5, 5.41) is 3.21. The normalized spacial score (nSPS) is 12.9. The zero-order chi connectivity index (χ0) is 8.10. The van der Waals surface area contributed by atoms with Crippen molar-refractivity contribution >= 4 is 0 Å². The van der Waals surface area contributed by atoms with Crippen molar-refractivity contribution in [1.29, 1.82) is 0 Å². The smallest absolute Gasteiger partial charge is 0.0572 e. The van der Waals surface area contributed by atoms with Crippen LogP contribution in [0, 0.1) is 0 Å². The second-order valence-electron chi connectivity index (χ2n) is 2.50. The van der Waals surface area contributed by atoms with E-state index in [9.17, 15) is 0 Å². The van der Waals surface area contributed by atoms with Gasteiger partial charge < -0.3 is 5.32 Å². The maximum Gasteiger partial charge on any atom is 0.0572 e. The predicted molar refractivity (Wildman–Crippen MR) is 46.3 cm³/mol. The van der Waals surface area contributed by atoms with Crippen LogP contribution in [0.1, 0.15) is 25.1 Å². The van der Waals surface area contributed by atoms with E-state index in [1.165, 1.54) is 0 Å². The van der Waals surface area contributed by atoms with E-state index in [2.05, 4.69) is 17.2 Å². The van der Waals surface area contributed by atoms with Crippen molar-refractivity contribution in [2.24, 2.45) is 0 Å². The lowest BCUT2D eigenvalue weighted by Crippen LogP contribution is -2.16. The van der Waals surface area contributed by atoms with Gasteiger partial charge >= 0.3 is 0 Å². The molecule has 1 aromatic rings. The molecule has 1 rings (SSSR count). The number of nitrogens with one attached hydrogen (secondary N) is 1. The van der Waals surface area contributed by atoms with Gasteiger partial charge in [0.15, 0.2) is 0 Å². The third-order valence-corrected chi connectivity index (χ3v) is 1.80. The van der Waals surface area contributed by atoms with Crippen molar-refractivity contribution in [3.05, 3.63) is 30.1 Å². The molecule has 1 aromatic heterocycles. The Bertz CT molecular complexity index is 192. The van der Waals surface area contributed by atoms with Crippen LogP contribution in [0.2, 0.25) is 0 Å². The van der Waals surface area contributed by atoms with Crippen molar-refractivity contribution in [2.75, 3.05) is 7.05 Å². The Kier molecular flexibility index (Phi) is 3.05. The molecule has 0 amide bonds. The highest BCUT2D eigenvalue weighted by Gasteiger charge is 2.05. The van der Waals surface area contributed by atoms with Gasteiger partial charge in [-0.3, -0.25) is 4.98 Å². The second kappa shape index (κ2) is 4.09. The SMILES string of the molecule is CC[C@@H](NC)c1ccccn1. The van der Waals surface area contributed by atoms with Crippen LogP contribution in [-0.2, 0) is 0 Å². The lowest BCUT2D eigenvalue weighted by Gasteiger charge is -2.11. The predicted octanol–water partition coefficient (Wildman–Crippen LogP) is 1.75. The molecule has 0 bridgehead atoms. The molecule has 0 aliphatic carbocycles. The van der Waals surface area contributed by atoms with Crippen molar-refractivity contribution in [1.82, 2.24) is 10.3 Å². The summed E-state index contributed by atoms with van der Waals surface area (Å²) in [6.07, 6.45) is 2.91. The van der Waals surface area contributed by atoms with Crippen molar-refractivity contribution < 1.29 is 0 Å². The molecule has 0 aromatic carbocycles. The van der Waals surface area contributed by atoms with E-state index < -0.39 is 0 Å². The van der Waals surface area contributed by atoms with Gasteiger partial charge in [-0.15, -0.1) is 0 Å². The first-order valence-corrected chi connectivity index (χ1v) is 3.96. The molecule has 60 valence electrons. The highest BCUT2D eigenvalue weighted by molar-refractivity contribution is 5.07. The summed E-state index contributed by atoms with van der Waals surface area (Å²) in [6, 6.07) is 6.40. The van der Waals surface area contributed by atoms with Crippen LogP contribution in [0.4, 0.5) is 0 Å². The molecule has 0 aliphatic heterocycles. The van der Waals surface area contributed by atoms with E-state index >= 15 is 0 Å². The molecule has 1 heterocycles. The van der Waals surface area contributed by atoms with Crippen LogP contribution in [0.5, 0.6) is 0 Å². The molecular weight excluding hydrogens is 136 g/mol. The molecule has 0 aliphatic rings. The highest BCUT2D eigenvalue weighted by atomic mass is 14.9. The molecule has 0 saturated heterocycles. The van der Waals surface area contributed by atoms with Gasteiger partial charge in [-0.2, -0.15) is 0 Å². The van der Waals surface area contributed by atoms with Crippen molar-refractivity contribution in [3.63, 3.8) is 0 Å². The monoisotopic (exact) mass is 150 g/mol. The van der Waals surface area contributed by atoms with Crippen LogP contribution in [0.25, 0.3) is 0 Å². The summed E-state index contributed by atoms with van der Waals surface area (Å²) in [4.78, 5) is 4.26. The summed E-state index contributed by atoms with van der Waals surface area (Å²) in [6.45, 7) is 2.15. The Hall–Kier alpha value is -0.890. The highest BCUT2D eigenvalue weighted by Crippen LogP contribution is 2.11. The zero-order valence-corrected chi connectivity index (χ0v) is 7.04. The Labute approximate surface area is 67.7 Å². The third-order valence-electron chi connectivity index (χ3n) is 1.80. The van der Waals surface area contributed by atoms with Crippen LogP contribution in [-0.4, -0.2) is 12.0 Å². The molecule has 2 heteroatoms. The first kappa shape index (κ1) is 8.21. The minimum atomic E-state index is 0.399. The van der Waals surface area contributed by atoms with Gasteiger partial charge in [0.25, 0.3) is 0 Å². The first-order valence-electron chi connectivity index (χ1n) is 3.96. The lowest BCUT2D eigenvalue weighted by molar-refractivity contribution is 0.561. The van der Waals surface area contributed by atoms with Gasteiger partial charge in [-0.05, 0) is 25.6 Å². The zero-order valence-electron chi connectivity index (χ0n) is 7.04. The van der Waals surface area contributed by atoms with Crippen molar-refractivity contribution in [3.8, 4) is 0 Å². The lowest BCUT2D eigenvalue weighted by atomic mass is 10.1. The van der Waals surface area contributed by atoms with E-state index in [0.29, 0.717) is 6.04 Å². The molecule has 1 atom stereocenters. The molecule has 1 N–H and O–H groups in total. The van der Waals surface area contributed by atoms with Crippen LogP contribution in [0.3, 0.4) is 0 Å². The number of hydrogen-bond acceptors (Lipinski definition) is 2. The van der Waals surface area contributed by atoms with Crippen LogP contribution in [0.15, 0.2) is 24.4 Å². The average Bonchev–Trinajstić information content (AvgIpc) is 2.09. The van der Waals surface area contributed by atoms with E-state index in [1.54, 1.807) is 0 Å². The number of rotatable bonds is 3. The molecule has 0 saturated carbocycles. The molecule has 0 radical (unpaired) electrons. The molecule has 2 nitrogen and oxygen atoms in total. The molecule has 0 fully saturated rings. The molecule has 0 unspecified atom stereocenters. The molecule has 11 heavy (non-hydrogen) atoms. The van der Waals surface area contributed by atoms with Gasteiger partial charge in [0.1, 0.15) is 0 Å². The largest absolute Gasteiger partial charge is 0.312 e. The minimum absolute atomic E-state index is 0.399. The minimum Gasteiger partial charge on any atom is -0.312 e. The molecular formula is C9H14N2. The fourth-order valence-corrected chi connectivity index (χ4v) is 1.14. The summed E-state index contributed by atoms with van der Waals surface area (Å²) in [7, 11) is 1.96. The van der Waals surface area contributed by atoms with Gasteiger partial charge in [0.2, 0.25) is 0 Å². The topological polar surface area (TPSA) is 24.9 Å². The number of pyridine rings is 1. The fourth-order valence-electron chi connectivity index (χ4n) is 1.14. The maximum atomic E-state index is 4.26. The quantitative estimate of drug-likeness (QED) is 0.710. The Balaban J connectivity index is 2.74. The Morgan fingerprint density at radius 2 is 2.36 bits per heavy atom. The number of aromatic nitrogens is 1. The van der Waals surface area contributed by atoms with E-state index in [0.717, 1.165) is 12.1 Å². The number of hydrogen-bond donors (Lipinski definition) is 1. The average molecular weight is 150 g/mol. The van der Waals surface area contributed by atoms with Gasteiger partial charge in [0, 0.05) is 12.2 Å². The van der Waals surface area contributed by atoms with E-state index in [4.69, 9.17) is 0 Å². The summed E-state index contributed by atoms with van der Waals surface area (Å²) in [5.74, 6) is 0. The standard InChI is InChI=1S/C9H14N2/c1-3-8(10-2)9-6-4-5-7-11-9/h4-8,10H,3H2,1-2H3/t8-/m1/s1. The van der Waals surface area contributed by atoms with Crippen LogP contribution >= 0.6 is 0 Å². The second-order valence-corrected chi connectivity index (χ2v) is 2.50. The van der Waals surface area contributed by atoms with Crippen molar-refractivity contribution in [2.45, 2.75) is 19.4 Å². The van der Waals surface area contributed by atoms with Gasteiger partial charge in [-0.25, -0.2) is 0 Å². The van der Waals surface area contributed by atoms with Crippen LogP contribution < -0.4 is 5.32 Å². The summed E-state index contributed by atoms with van der Waals surface area (Å²) in [5.41, 5.74) is 1.12. The van der Waals surface area contributed by atoms with Gasteiger partial charge in [-0.1, -0.05) is 13.0 Å². The van der Waals surface area contributed by atoms with E-state index in [1.807, 2.05) is 31.4 Å².